The lowest BCUT2D eigenvalue weighted by molar-refractivity contribution is -0.143. The van der Waals surface area contributed by atoms with Crippen molar-refractivity contribution in [2.45, 2.75) is 39.1 Å². The Kier molecular flexibility index (Phi) is 6.09. The van der Waals surface area contributed by atoms with Crippen LogP contribution in [0.1, 0.15) is 25.0 Å². The molecule has 1 aliphatic heterocycles. The predicted molar refractivity (Wildman–Crippen MR) is 120 cm³/mol. The number of hydrogen-bond acceptors (Lipinski definition) is 4. The monoisotopic (exact) mass is 437 g/mol. The maximum absolute atomic E-state index is 13.0. The Bertz CT molecular complexity index is 1110. The van der Waals surface area contributed by atoms with E-state index in [1.807, 2.05) is 55.5 Å². The van der Waals surface area contributed by atoms with E-state index in [2.05, 4.69) is 4.98 Å². The van der Waals surface area contributed by atoms with Gasteiger partial charge in [-0.1, -0.05) is 54.1 Å². The molecule has 2 aromatic carbocycles. The highest BCUT2D eigenvalue weighted by Crippen LogP contribution is 2.25. The van der Waals surface area contributed by atoms with E-state index in [1.165, 1.54) is 4.90 Å². The first-order valence-corrected chi connectivity index (χ1v) is 10.6. The summed E-state index contributed by atoms with van der Waals surface area (Å²) >= 11 is 6.22. The van der Waals surface area contributed by atoms with Gasteiger partial charge in [0, 0.05) is 24.7 Å². The lowest BCUT2D eigenvalue weighted by Crippen LogP contribution is -2.61. The zero-order valence-electron chi connectivity index (χ0n) is 17.5. The van der Waals surface area contributed by atoms with E-state index in [9.17, 15) is 9.59 Å². The van der Waals surface area contributed by atoms with Crippen LogP contribution in [-0.4, -0.2) is 45.4 Å². The van der Waals surface area contributed by atoms with Gasteiger partial charge in [-0.2, -0.15) is 0 Å². The molecular formula is C24H24ClN3O3. The van der Waals surface area contributed by atoms with Gasteiger partial charge in [0.15, 0.2) is 0 Å². The number of halogens is 1. The molecule has 2 atom stereocenters. The molecule has 0 saturated carbocycles. The van der Waals surface area contributed by atoms with Crippen molar-refractivity contribution >= 4 is 34.5 Å². The van der Waals surface area contributed by atoms with Crippen molar-refractivity contribution in [1.82, 2.24) is 14.8 Å². The number of amides is 2. The van der Waals surface area contributed by atoms with Crippen LogP contribution in [0.25, 0.3) is 10.9 Å². The Morgan fingerprint density at radius 2 is 1.90 bits per heavy atom. The SMILES string of the molecule is C[C@@H]1CN(Cc2ccc3c(Cl)ccnc3c2)C(=O)[C@H](C)N1C(=O)OCc1ccccc1. The van der Waals surface area contributed by atoms with E-state index >= 15 is 0 Å². The van der Waals surface area contributed by atoms with Gasteiger partial charge in [0.1, 0.15) is 12.6 Å². The van der Waals surface area contributed by atoms with Gasteiger partial charge in [-0.3, -0.25) is 14.7 Å². The van der Waals surface area contributed by atoms with Gasteiger partial charge < -0.3 is 9.64 Å². The molecule has 0 aliphatic carbocycles. The van der Waals surface area contributed by atoms with Crippen LogP contribution in [0.3, 0.4) is 0 Å². The summed E-state index contributed by atoms with van der Waals surface area (Å²) in [6.45, 7) is 4.74. The quantitative estimate of drug-likeness (QED) is 0.596. The summed E-state index contributed by atoms with van der Waals surface area (Å²) in [4.78, 5) is 33.4. The Balaban J connectivity index is 1.43. The Hall–Kier alpha value is -3.12. The highest BCUT2D eigenvalue weighted by molar-refractivity contribution is 6.35. The van der Waals surface area contributed by atoms with Gasteiger partial charge in [0.25, 0.3) is 0 Å². The number of aromatic nitrogens is 1. The Morgan fingerprint density at radius 1 is 1.13 bits per heavy atom. The zero-order valence-corrected chi connectivity index (χ0v) is 18.2. The fourth-order valence-electron chi connectivity index (χ4n) is 4.01. The number of ether oxygens (including phenoxy) is 1. The predicted octanol–water partition coefficient (Wildman–Crippen LogP) is 4.65. The van der Waals surface area contributed by atoms with Crippen LogP contribution in [0.5, 0.6) is 0 Å². The average Bonchev–Trinajstić information content (AvgIpc) is 2.77. The van der Waals surface area contributed by atoms with Gasteiger partial charge >= 0.3 is 6.09 Å². The fourth-order valence-corrected chi connectivity index (χ4v) is 4.23. The zero-order chi connectivity index (χ0) is 22.0. The lowest BCUT2D eigenvalue weighted by Gasteiger charge is -2.43. The van der Waals surface area contributed by atoms with Crippen molar-refractivity contribution in [2.24, 2.45) is 0 Å². The molecule has 4 rings (SSSR count). The molecular weight excluding hydrogens is 414 g/mol. The molecule has 31 heavy (non-hydrogen) atoms. The summed E-state index contributed by atoms with van der Waals surface area (Å²) < 4.78 is 5.47. The second-order valence-electron chi connectivity index (χ2n) is 7.84. The number of pyridine rings is 1. The summed E-state index contributed by atoms with van der Waals surface area (Å²) in [6.07, 6.45) is 1.20. The van der Waals surface area contributed by atoms with E-state index in [0.717, 1.165) is 22.0 Å². The topological polar surface area (TPSA) is 62.7 Å². The van der Waals surface area contributed by atoms with Crippen LogP contribution in [-0.2, 0) is 22.7 Å². The number of carbonyl (C=O) groups excluding carboxylic acids is 2. The number of benzene rings is 2. The maximum atomic E-state index is 13.0. The summed E-state index contributed by atoms with van der Waals surface area (Å²) in [7, 11) is 0. The molecule has 7 heteroatoms. The van der Waals surface area contributed by atoms with Crippen LogP contribution < -0.4 is 0 Å². The third kappa shape index (κ3) is 4.49. The number of rotatable bonds is 4. The lowest BCUT2D eigenvalue weighted by atomic mass is 10.1. The largest absolute Gasteiger partial charge is 0.445 e. The molecule has 0 spiro atoms. The molecule has 0 N–H and O–H groups in total. The van der Waals surface area contributed by atoms with E-state index in [1.54, 1.807) is 24.1 Å². The molecule has 3 aromatic rings. The minimum absolute atomic E-state index is 0.103. The number of piperazine rings is 1. The highest BCUT2D eigenvalue weighted by atomic mass is 35.5. The number of nitrogens with zero attached hydrogens (tertiary/aromatic N) is 3. The third-order valence-electron chi connectivity index (χ3n) is 5.59. The second kappa shape index (κ2) is 8.94. The van der Waals surface area contributed by atoms with Crippen molar-refractivity contribution in [2.75, 3.05) is 6.54 Å². The molecule has 0 radical (unpaired) electrons. The van der Waals surface area contributed by atoms with Crippen LogP contribution in [0.15, 0.2) is 60.8 Å². The Morgan fingerprint density at radius 3 is 2.68 bits per heavy atom. The second-order valence-corrected chi connectivity index (χ2v) is 8.24. The van der Waals surface area contributed by atoms with Crippen LogP contribution in [0.4, 0.5) is 4.79 Å². The summed E-state index contributed by atoms with van der Waals surface area (Å²) in [5, 5.41) is 1.53. The smallest absolute Gasteiger partial charge is 0.411 e. The first kappa shape index (κ1) is 21.1. The Labute approximate surface area is 186 Å². The van der Waals surface area contributed by atoms with E-state index < -0.39 is 12.1 Å². The minimum atomic E-state index is -0.597. The van der Waals surface area contributed by atoms with Crippen LogP contribution in [0, 0.1) is 0 Å². The normalized spacial score (nSPS) is 19.0. The van der Waals surface area contributed by atoms with Crippen molar-refractivity contribution in [3.63, 3.8) is 0 Å². The molecule has 1 aliphatic rings. The van der Waals surface area contributed by atoms with Gasteiger partial charge in [0.2, 0.25) is 5.91 Å². The molecule has 6 nitrogen and oxygen atoms in total. The number of hydrogen-bond donors (Lipinski definition) is 0. The van der Waals surface area contributed by atoms with Crippen LogP contribution in [0.2, 0.25) is 5.02 Å². The average molecular weight is 438 g/mol. The third-order valence-corrected chi connectivity index (χ3v) is 5.92. The molecule has 1 saturated heterocycles. The van der Waals surface area contributed by atoms with Gasteiger partial charge in [-0.05, 0) is 37.1 Å². The molecule has 1 aromatic heterocycles. The van der Waals surface area contributed by atoms with E-state index in [-0.39, 0.29) is 18.6 Å². The van der Waals surface area contributed by atoms with Crippen LogP contribution >= 0.6 is 11.6 Å². The van der Waals surface area contributed by atoms with Crippen molar-refractivity contribution in [3.05, 3.63) is 76.9 Å². The maximum Gasteiger partial charge on any atom is 0.411 e. The van der Waals surface area contributed by atoms with E-state index in [0.29, 0.717) is 18.1 Å². The minimum Gasteiger partial charge on any atom is -0.445 e. The van der Waals surface area contributed by atoms with Crippen molar-refractivity contribution in [1.29, 1.82) is 0 Å². The first-order chi connectivity index (χ1) is 14.9. The summed E-state index contributed by atoms with van der Waals surface area (Å²) in [5.41, 5.74) is 2.67. The molecule has 2 amide bonds. The van der Waals surface area contributed by atoms with Crippen molar-refractivity contribution < 1.29 is 14.3 Å². The molecule has 0 unspecified atom stereocenters. The molecule has 1 fully saturated rings. The fraction of sp³-hybridized carbons (Fsp3) is 0.292. The van der Waals surface area contributed by atoms with Gasteiger partial charge in [-0.25, -0.2) is 4.79 Å². The molecule has 2 heterocycles. The molecule has 160 valence electrons. The van der Waals surface area contributed by atoms with Gasteiger partial charge in [-0.15, -0.1) is 0 Å². The first-order valence-electron chi connectivity index (χ1n) is 10.2. The standard InChI is InChI=1S/C24H24ClN3O3/c1-16-13-27(14-19-8-9-20-21(25)10-11-26-22(20)12-19)23(29)17(2)28(16)24(30)31-15-18-6-4-3-5-7-18/h3-12,16-17H,13-15H2,1-2H3/t16-,17+/m1/s1. The highest BCUT2D eigenvalue weighted by Gasteiger charge is 2.39. The summed E-state index contributed by atoms with van der Waals surface area (Å²) in [5.74, 6) is -0.103. The van der Waals surface area contributed by atoms with E-state index in [4.69, 9.17) is 16.3 Å². The summed E-state index contributed by atoms with van der Waals surface area (Å²) in [6, 6.07) is 16.3. The number of fused-ring (bicyclic) bond motifs is 1. The van der Waals surface area contributed by atoms with Gasteiger partial charge in [0.05, 0.1) is 16.6 Å². The number of carbonyl (C=O) groups is 2. The van der Waals surface area contributed by atoms with Crippen molar-refractivity contribution in [3.8, 4) is 0 Å². The molecule has 0 bridgehead atoms.